The molecule has 0 atom stereocenters. The molecule has 5 nitrogen and oxygen atoms in total. The van der Waals surface area contributed by atoms with Crippen LogP contribution in [0, 0.1) is 0 Å². The summed E-state index contributed by atoms with van der Waals surface area (Å²) in [5, 5.41) is 0.256. The minimum Gasteiger partial charge on any atom is -0.260 e. The predicted molar refractivity (Wildman–Crippen MR) is 72.1 cm³/mol. The van der Waals surface area contributed by atoms with Crippen LogP contribution in [-0.4, -0.2) is 29.7 Å². The Hall–Kier alpha value is -1.50. The Morgan fingerprint density at radius 3 is 2.58 bits per heavy atom. The SMILES string of the molecule is CN(Cc1ccccn1)S(=O)(=O)c1ccc(Cl)nc1. The van der Waals surface area contributed by atoms with Crippen LogP contribution in [0.25, 0.3) is 0 Å². The van der Waals surface area contributed by atoms with E-state index in [1.165, 1.54) is 29.7 Å². The summed E-state index contributed by atoms with van der Waals surface area (Å²) in [6, 6.07) is 8.24. The molecule has 0 aromatic carbocycles. The molecule has 0 saturated carbocycles. The van der Waals surface area contributed by atoms with E-state index in [4.69, 9.17) is 11.6 Å². The first-order chi connectivity index (χ1) is 9.00. The van der Waals surface area contributed by atoms with Gasteiger partial charge in [0.25, 0.3) is 0 Å². The topological polar surface area (TPSA) is 63.2 Å². The molecule has 2 aromatic rings. The van der Waals surface area contributed by atoms with Crippen molar-refractivity contribution in [3.05, 3.63) is 53.6 Å². The van der Waals surface area contributed by atoms with Crippen LogP contribution in [0.5, 0.6) is 0 Å². The Bertz CT molecular complexity index is 644. The van der Waals surface area contributed by atoms with Crippen LogP contribution in [0.15, 0.2) is 47.6 Å². The second kappa shape index (κ2) is 5.64. The molecule has 0 unspecified atom stereocenters. The smallest absolute Gasteiger partial charge is 0.244 e. The fourth-order valence-corrected chi connectivity index (χ4v) is 2.70. The minimum atomic E-state index is -3.58. The zero-order chi connectivity index (χ0) is 13.9. The monoisotopic (exact) mass is 297 g/mol. The van der Waals surface area contributed by atoms with E-state index in [0.29, 0.717) is 5.69 Å². The summed E-state index contributed by atoms with van der Waals surface area (Å²) in [6.45, 7) is 0.200. The van der Waals surface area contributed by atoms with E-state index >= 15 is 0 Å². The predicted octanol–water partition coefficient (Wildman–Crippen LogP) is 1.95. The van der Waals surface area contributed by atoms with Crippen molar-refractivity contribution < 1.29 is 8.42 Å². The standard InChI is InChI=1S/C12H12ClN3O2S/c1-16(9-10-4-2-3-7-14-10)19(17,18)11-5-6-12(13)15-8-11/h2-8H,9H2,1H3. The number of rotatable bonds is 4. The van der Waals surface area contributed by atoms with Gasteiger partial charge in [-0.05, 0) is 24.3 Å². The Morgan fingerprint density at radius 1 is 1.21 bits per heavy atom. The average molecular weight is 298 g/mol. The van der Waals surface area contributed by atoms with E-state index in [-0.39, 0.29) is 16.6 Å². The summed E-state index contributed by atoms with van der Waals surface area (Å²) >= 11 is 5.64. The van der Waals surface area contributed by atoms with Crippen molar-refractivity contribution in [2.24, 2.45) is 0 Å². The fraction of sp³-hybridized carbons (Fsp3) is 0.167. The molecular formula is C12H12ClN3O2S. The molecule has 2 aromatic heterocycles. The minimum absolute atomic E-state index is 0.107. The summed E-state index contributed by atoms with van der Waals surface area (Å²) in [4.78, 5) is 7.98. The van der Waals surface area contributed by atoms with Gasteiger partial charge in [0.1, 0.15) is 10.0 Å². The first kappa shape index (κ1) is 13.9. The third-order valence-electron chi connectivity index (χ3n) is 2.52. The fourth-order valence-electron chi connectivity index (χ4n) is 1.50. The molecule has 0 fully saturated rings. The zero-order valence-corrected chi connectivity index (χ0v) is 11.8. The number of sulfonamides is 1. The van der Waals surface area contributed by atoms with Crippen LogP contribution in [0.3, 0.4) is 0 Å². The van der Waals surface area contributed by atoms with Gasteiger partial charge >= 0.3 is 0 Å². The lowest BCUT2D eigenvalue weighted by Crippen LogP contribution is -2.27. The Labute approximate surface area is 116 Å². The second-order valence-electron chi connectivity index (χ2n) is 3.90. The summed E-state index contributed by atoms with van der Waals surface area (Å²) in [5.74, 6) is 0. The third kappa shape index (κ3) is 3.28. The maximum Gasteiger partial charge on any atom is 0.244 e. The lowest BCUT2D eigenvalue weighted by Gasteiger charge is -2.16. The van der Waals surface area contributed by atoms with Gasteiger partial charge < -0.3 is 0 Å². The molecule has 0 amide bonds. The molecule has 0 bridgehead atoms. The van der Waals surface area contributed by atoms with Crippen LogP contribution in [0.4, 0.5) is 0 Å². The summed E-state index contributed by atoms with van der Waals surface area (Å²) < 4.78 is 25.7. The Morgan fingerprint density at radius 2 is 2.00 bits per heavy atom. The number of pyridine rings is 2. The van der Waals surface area contributed by atoms with Gasteiger partial charge in [0, 0.05) is 19.4 Å². The summed E-state index contributed by atoms with van der Waals surface area (Å²) in [7, 11) is -2.08. The molecule has 0 aliphatic carbocycles. The Kier molecular flexibility index (Phi) is 4.14. The molecule has 19 heavy (non-hydrogen) atoms. The molecule has 2 heterocycles. The van der Waals surface area contributed by atoms with Gasteiger partial charge in [-0.15, -0.1) is 0 Å². The quantitative estimate of drug-likeness (QED) is 0.809. The lowest BCUT2D eigenvalue weighted by atomic mass is 10.3. The van der Waals surface area contributed by atoms with E-state index < -0.39 is 10.0 Å². The van der Waals surface area contributed by atoms with Gasteiger partial charge in [0.2, 0.25) is 10.0 Å². The normalized spacial score (nSPS) is 11.7. The third-order valence-corrected chi connectivity index (χ3v) is 4.53. The molecule has 100 valence electrons. The van der Waals surface area contributed by atoms with Crippen molar-refractivity contribution in [3.63, 3.8) is 0 Å². The first-order valence-corrected chi connectivity index (χ1v) is 7.30. The largest absolute Gasteiger partial charge is 0.260 e. The van der Waals surface area contributed by atoms with E-state index in [9.17, 15) is 8.42 Å². The highest BCUT2D eigenvalue weighted by Crippen LogP contribution is 2.16. The maximum absolute atomic E-state index is 12.3. The molecule has 0 saturated heterocycles. The Balaban J connectivity index is 2.22. The van der Waals surface area contributed by atoms with E-state index in [0.717, 1.165) is 0 Å². The summed E-state index contributed by atoms with van der Waals surface area (Å²) in [5.41, 5.74) is 0.676. The van der Waals surface area contributed by atoms with Crippen molar-refractivity contribution in [1.29, 1.82) is 0 Å². The molecule has 7 heteroatoms. The average Bonchev–Trinajstić information content (AvgIpc) is 2.40. The highest BCUT2D eigenvalue weighted by atomic mass is 35.5. The van der Waals surface area contributed by atoms with E-state index in [1.807, 2.05) is 6.07 Å². The maximum atomic E-state index is 12.3. The van der Waals surface area contributed by atoms with Gasteiger partial charge in [-0.3, -0.25) is 4.98 Å². The van der Waals surface area contributed by atoms with Gasteiger partial charge in [-0.1, -0.05) is 17.7 Å². The van der Waals surface area contributed by atoms with Gasteiger partial charge in [0.05, 0.1) is 12.2 Å². The van der Waals surface area contributed by atoms with Crippen LogP contribution in [-0.2, 0) is 16.6 Å². The van der Waals surface area contributed by atoms with Crippen molar-refractivity contribution in [2.75, 3.05) is 7.05 Å². The summed E-state index contributed by atoms with van der Waals surface area (Å²) in [6.07, 6.45) is 2.87. The van der Waals surface area contributed by atoms with E-state index in [1.54, 1.807) is 18.3 Å². The van der Waals surface area contributed by atoms with Crippen molar-refractivity contribution in [2.45, 2.75) is 11.4 Å². The van der Waals surface area contributed by atoms with Crippen LogP contribution < -0.4 is 0 Å². The number of aromatic nitrogens is 2. The molecule has 0 aliphatic heterocycles. The van der Waals surface area contributed by atoms with Crippen LogP contribution in [0.1, 0.15) is 5.69 Å². The zero-order valence-electron chi connectivity index (χ0n) is 10.2. The van der Waals surface area contributed by atoms with Crippen molar-refractivity contribution >= 4 is 21.6 Å². The lowest BCUT2D eigenvalue weighted by molar-refractivity contribution is 0.462. The number of nitrogens with zero attached hydrogens (tertiary/aromatic N) is 3. The highest BCUT2D eigenvalue weighted by Gasteiger charge is 2.21. The van der Waals surface area contributed by atoms with Crippen molar-refractivity contribution in [1.82, 2.24) is 14.3 Å². The van der Waals surface area contributed by atoms with Gasteiger partial charge in [-0.2, -0.15) is 4.31 Å². The molecular weight excluding hydrogens is 286 g/mol. The second-order valence-corrected chi connectivity index (χ2v) is 6.33. The highest BCUT2D eigenvalue weighted by molar-refractivity contribution is 7.89. The molecule has 0 aliphatic rings. The van der Waals surface area contributed by atoms with Crippen LogP contribution in [0.2, 0.25) is 5.15 Å². The molecule has 2 rings (SSSR count). The number of hydrogen-bond donors (Lipinski definition) is 0. The molecule has 0 radical (unpaired) electrons. The number of hydrogen-bond acceptors (Lipinski definition) is 4. The first-order valence-electron chi connectivity index (χ1n) is 5.48. The van der Waals surface area contributed by atoms with Gasteiger partial charge in [-0.25, -0.2) is 13.4 Å². The van der Waals surface area contributed by atoms with E-state index in [2.05, 4.69) is 9.97 Å². The van der Waals surface area contributed by atoms with Gasteiger partial charge in [0.15, 0.2) is 0 Å². The molecule has 0 N–H and O–H groups in total. The van der Waals surface area contributed by atoms with Crippen LogP contribution >= 0.6 is 11.6 Å². The number of halogens is 1. The molecule has 0 spiro atoms. The van der Waals surface area contributed by atoms with Crippen molar-refractivity contribution in [3.8, 4) is 0 Å².